The van der Waals surface area contributed by atoms with Gasteiger partial charge in [0.25, 0.3) is 5.62 Å². The van der Waals surface area contributed by atoms with Crippen LogP contribution in [0.25, 0.3) is 0 Å². The van der Waals surface area contributed by atoms with Crippen molar-refractivity contribution in [2.24, 2.45) is 0 Å². The lowest BCUT2D eigenvalue weighted by molar-refractivity contribution is 0.570. The van der Waals surface area contributed by atoms with Gasteiger partial charge in [0.05, 0.1) is 0 Å². The predicted octanol–water partition coefficient (Wildman–Crippen LogP) is 1.24. The summed E-state index contributed by atoms with van der Waals surface area (Å²) in [5.74, 6) is 0. The fraction of sp³-hybridized carbons (Fsp3) is 0. The van der Waals surface area contributed by atoms with Crippen molar-refractivity contribution in [1.82, 2.24) is 4.98 Å². The van der Waals surface area contributed by atoms with Crippen LogP contribution < -0.4 is 0 Å². The largest absolute Gasteiger partial charge is 0.277 e. The van der Waals surface area contributed by atoms with Crippen LogP contribution in [-0.4, -0.2) is 10.6 Å². The molecule has 0 atom stereocenters. The Morgan fingerprint density at radius 3 is 3.00 bits per heavy atom. The van der Waals surface area contributed by atoms with Crippen LogP contribution >= 0.6 is 11.8 Å². The van der Waals surface area contributed by atoms with Gasteiger partial charge < -0.3 is 0 Å². The Bertz CT molecular complexity index is 188. The van der Waals surface area contributed by atoms with E-state index in [4.69, 9.17) is 0 Å². The molecule has 1 aromatic heterocycles. The standard InChI is InChI=1S/C6H4NOS/c8-5-9-6-3-1-2-4-7-6/h1-4H. The van der Waals surface area contributed by atoms with Crippen LogP contribution in [0, 0.1) is 0 Å². The van der Waals surface area contributed by atoms with Crippen molar-refractivity contribution in [2.45, 2.75) is 5.03 Å². The van der Waals surface area contributed by atoms with Gasteiger partial charge in [-0.25, -0.2) is 4.98 Å². The zero-order valence-corrected chi connectivity index (χ0v) is 5.39. The first-order chi connectivity index (χ1) is 4.43. The fourth-order valence-electron chi connectivity index (χ4n) is 0.450. The minimum atomic E-state index is 0.688. The average Bonchev–Trinajstić information content (AvgIpc) is 1.91. The number of hydrogen-bond donors (Lipinski definition) is 0. The Hall–Kier alpha value is -0.830. The quantitative estimate of drug-likeness (QED) is 0.576. The Kier molecular flexibility index (Phi) is 2.27. The third-order valence-corrected chi connectivity index (χ3v) is 1.32. The summed E-state index contributed by atoms with van der Waals surface area (Å²) in [6.45, 7) is 0. The molecule has 1 aromatic rings. The van der Waals surface area contributed by atoms with E-state index < -0.39 is 0 Å². The summed E-state index contributed by atoms with van der Waals surface area (Å²) in [5, 5.41) is 0.688. The van der Waals surface area contributed by atoms with E-state index in [0.717, 1.165) is 11.8 Å². The molecule has 0 N–H and O–H groups in total. The topological polar surface area (TPSA) is 30.0 Å². The summed E-state index contributed by atoms with van der Waals surface area (Å²) >= 11 is 0.959. The molecule has 0 fully saturated rings. The SMILES string of the molecule is O=[C]Sc1ccccn1. The zero-order valence-electron chi connectivity index (χ0n) is 4.57. The van der Waals surface area contributed by atoms with Gasteiger partial charge in [-0.3, -0.25) is 4.79 Å². The third-order valence-electron chi connectivity index (χ3n) is 0.784. The van der Waals surface area contributed by atoms with Crippen molar-refractivity contribution in [3.05, 3.63) is 24.4 Å². The van der Waals surface area contributed by atoms with Crippen LogP contribution in [-0.2, 0) is 4.79 Å². The fourth-order valence-corrected chi connectivity index (χ4v) is 0.796. The second-order valence-corrected chi connectivity index (χ2v) is 2.14. The maximum Gasteiger partial charge on any atom is 0.272 e. The highest BCUT2D eigenvalue weighted by molar-refractivity contribution is 8.11. The molecule has 0 aliphatic heterocycles. The molecule has 0 saturated heterocycles. The van der Waals surface area contributed by atoms with Crippen LogP contribution in [0.4, 0.5) is 0 Å². The third kappa shape index (κ3) is 1.85. The van der Waals surface area contributed by atoms with Crippen LogP contribution in [0.3, 0.4) is 0 Å². The first-order valence-electron chi connectivity index (χ1n) is 2.38. The Morgan fingerprint density at radius 2 is 2.44 bits per heavy atom. The molecule has 1 radical (unpaired) electrons. The lowest BCUT2D eigenvalue weighted by atomic mass is 10.5. The number of nitrogens with zero attached hydrogens (tertiary/aromatic N) is 1. The van der Waals surface area contributed by atoms with Gasteiger partial charge in [0.1, 0.15) is 5.03 Å². The van der Waals surface area contributed by atoms with Gasteiger partial charge >= 0.3 is 0 Å². The van der Waals surface area contributed by atoms with Crippen molar-refractivity contribution in [3.8, 4) is 0 Å². The first kappa shape index (κ1) is 6.29. The summed E-state index contributed by atoms with van der Waals surface area (Å²) < 4.78 is 0. The number of hydrogen-bond acceptors (Lipinski definition) is 3. The van der Waals surface area contributed by atoms with Crippen LogP contribution in [0.1, 0.15) is 0 Å². The maximum atomic E-state index is 9.77. The number of rotatable bonds is 2. The first-order valence-corrected chi connectivity index (χ1v) is 3.20. The molecule has 1 heterocycles. The highest BCUT2D eigenvalue weighted by Crippen LogP contribution is 2.08. The van der Waals surface area contributed by atoms with E-state index >= 15 is 0 Å². The van der Waals surface area contributed by atoms with Gasteiger partial charge in [-0.1, -0.05) is 6.07 Å². The normalized spacial score (nSPS) is 8.89. The van der Waals surface area contributed by atoms with Crippen molar-refractivity contribution in [2.75, 3.05) is 0 Å². The minimum absolute atomic E-state index is 0.688. The zero-order chi connectivity index (χ0) is 6.53. The van der Waals surface area contributed by atoms with Gasteiger partial charge in [0, 0.05) is 6.20 Å². The lowest BCUT2D eigenvalue weighted by Crippen LogP contribution is -1.74. The molecular weight excluding hydrogens is 134 g/mol. The van der Waals surface area contributed by atoms with Crippen molar-refractivity contribution in [3.63, 3.8) is 0 Å². The molecule has 0 saturated carbocycles. The van der Waals surface area contributed by atoms with E-state index in [1.54, 1.807) is 23.9 Å². The summed E-state index contributed by atoms with van der Waals surface area (Å²) in [7, 11) is 0. The number of carbonyl (C=O) groups excluding carboxylic acids is 1. The van der Waals surface area contributed by atoms with Crippen LogP contribution in [0.15, 0.2) is 29.4 Å². The monoisotopic (exact) mass is 138 g/mol. The number of aromatic nitrogens is 1. The summed E-state index contributed by atoms with van der Waals surface area (Å²) in [4.78, 5) is 13.6. The van der Waals surface area contributed by atoms with Gasteiger partial charge in [0.2, 0.25) is 0 Å². The molecule has 45 valence electrons. The Morgan fingerprint density at radius 1 is 1.56 bits per heavy atom. The lowest BCUT2D eigenvalue weighted by Gasteiger charge is -1.86. The van der Waals surface area contributed by atoms with E-state index in [2.05, 4.69) is 4.98 Å². The molecule has 9 heavy (non-hydrogen) atoms. The number of pyridine rings is 1. The van der Waals surface area contributed by atoms with Gasteiger partial charge in [-0.15, -0.1) is 0 Å². The summed E-state index contributed by atoms with van der Waals surface area (Å²) in [6, 6.07) is 5.39. The second-order valence-electron chi connectivity index (χ2n) is 1.35. The van der Waals surface area contributed by atoms with E-state index in [1.165, 1.54) is 0 Å². The molecule has 0 spiro atoms. The van der Waals surface area contributed by atoms with E-state index in [-0.39, 0.29) is 0 Å². The van der Waals surface area contributed by atoms with Crippen LogP contribution in [0.2, 0.25) is 0 Å². The predicted molar refractivity (Wildman–Crippen MR) is 35.8 cm³/mol. The van der Waals surface area contributed by atoms with Crippen molar-refractivity contribution < 1.29 is 4.79 Å². The van der Waals surface area contributed by atoms with Gasteiger partial charge in [-0.05, 0) is 23.9 Å². The van der Waals surface area contributed by atoms with Crippen molar-refractivity contribution in [1.29, 1.82) is 0 Å². The highest BCUT2D eigenvalue weighted by atomic mass is 32.2. The second kappa shape index (κ2) is 3.25. The molecule has 0 aromatic carbocycles. The van der Waals surface area contributed by atoms with E-state index in [9.17, 15) is 4.79 Å². The van der Waals surface area contributed by atoms with Crippen LogP contribution in [0.5, 0.6) is 0 Å². The van der Waals surface area contributed by atoms with E-state index in [1.807, 2.05) is 6.07 Å². The average molecular weight is 138 g/mol. The Balaban J connectivity index is 2.72. The molecule has 1 rings (SSSR count). The van der Waals surface area contributed by atoms with Gasteiger partial charge in [0.15, 0.2) is 0 Å². The molecule has 0 aliphatic rings. The number of thioether (sulfide) groups is 1. The molecule has 0 aliphatic carbocycles. The van der Waals surface area contributed by atoms with Crippen molar-refractivity contribution >= 4 is 17.4 Å². The minimum Gasteiger partial charge on any atom is -0.277 e. The molecule has 2 nitrogen and oxygen atoms in total. The van der Waals surface area contributed by atoms with Gasteiger partial charge in [-0.2, -0.15) is 0 Å². The maximum absolute atomic E-state index is 9.77. The molecule has 0 bridgehead atoms. The molecule has 0 unspecified atom stereocenters. The summed E-state index contributed by atoms with van der Waals surface area (Å²) in [5.41, 5.74) is 1.69. The Labute approximate surface area is 57.3 Å². The van der Waals surface area contributed by atoms with E-state index in [0.29, 0.717) is 5.03 Å². The highest BCUT2D eigenvalue weighted by Gasteiger charge is 1.88. The molecule has 0 amide bonds. The smallest absolute Gasteiger partial charge is 0.272 e. The molecular formula is C6H4NOS. The molecule has 3 heteroatoms. The summed E-state index contributed by atoms with van der Waals surface area (Å²) in [6.07, 6.45) is 1.64.